The number of hydrogen-bond acceptors (Lipinski definition) is 4. The standard InChI is InChI=1S/C11H21BrN4O/c1-11(17,8-13-2)10-9(12)7-14-16(10)6-5-15(3)4/h7,13,17H,5-6,8H2,1-4H3. The molecule has 1 heterocycles. The molecule has 0 aliphatic carbocycles. The number of halogens is 1. The summed E-state index contributed by atoms with van der Waals surface area (Å²) in [7, 11) is 5.86. The summed E-state index contributed by atoms with van der Waals surface area (Å²) in [4.78, 5) is 2.09. The first-order chi connectivity index (χ1) is 7.88. The van der Waals surface area contributed by atoms with Gasteiger partial charge < -0.3 is 15.3 Å². The van der Waals surface area contributed by atoms with Crippen molar-refractivity contribution >= 4 is 15.9 Å². The molecule has 0 bridgehead atoms. The normalized spacial score (nSPS) is 15.2. The van der Waals surface area contributed by atoms with Gasteiger partial charge >= 0.3 is 0 Å². The smallest absolute Gasteiger partial charge is 0.117 e. The van der Waals surface area contributed by atoms with E-state index >= 15 is 0 Å². The molecule has 98 valence electrons. The molecule has 1 aromatic rings. The van der Waals surface area contributed by atoms with Gasteiger partial charge in [-0.15, -0.1) is 0 Å². The maximum atomic E-state index is 10.4. The van der Waals surface area contributed by atoms with E-state index in [9.17, 15) is 5.11 Å². The molecule has 6 heteroatoms. The van der Waals surface area contributed by atoms with E-state index < -0.39 is 5.60 Å². The molecule has 0 aromatic carbocycles. The molecule has 0 aliphatic rings. The summed E-state index contributed by atoms with van der Waals surface area (Å²) in [6.45, 7) is 3.92. The highest BCUT2D eigenvalue weighted by Crippen LogP contribution is 2.27. The first-order valence-corrected chi connectivity index (χ1v) is 6.41. The predicted molar refractivity (Wildman–Crippen MR) is 72.0 cm³/mol. The monoisotopic (exact) mass is 304 g/mol. The molecule has 1 atom stereocenters. The van der Waals surface area contributed by atoms with E-state index in [1.807, 2.05) is 25.8 Å². The number of rotatable bonds is 6. The SMILES string of the molecule is CNCC(C)(O)c1c(Br)cnn1CCN(C)C. The van der Waals surface area contributed by atoms with Crippen molar-refractivity contribution in [1.82, 2.24) is 20.0 Å². The topological polar surface area (TPSA) is 53.3 Å². The third-order valence-electron chi connectivity index (χ3n) is 2.58. The lowest BCUT2D eigenvalue weighted by Crippen LogP contribution is -2.36. The molecule has 0 radical (unpaired) electrons. The fourth-order valence-electron chi connectivity index (χ4n) is 1.79. The first kappa shape index (κ1) is 14.6. The number of nitrogens with one attached hydrogen (secondary N) is 1. The highest BCUT2D eigenvalue weighted by atomic mass is 79.9. The summed E-state index contributed by atoms with van der Waals surface area (Å²) in [5, 5.41) is 17.7. The van der Waals surface area contributed by atoms with Gasteiger partial charge in [0, 0.05) is 13.1 Å². The molecular formula is C11H21BrN4O. The Hall–Kier alpha value is -0.430. The minimum absolute atomic E-state index is 0.485. The maximum Gasteiger partial charge on any atom is 0.117 e. The third kappa shape index (κ3) is 3.77. The van der Waals surface area contributed by atoms with E-state index in [0.717, 1.165) is 23.3 Å². The Labute approximate surface area is 111 Å². The van der Waals surface area contributed by atoms with Crippen LogP contribution in [0.4, 0.5) is 0 Å². The van der Waals surface area contributed by atoms with Gasteiger partial charge in [-0.3, -0.25) is 4.68 Å². The predicted octanol–water partition coefficient (Wildman–Crippen LogP) is 0.634. The highest BCUT2D eigenvalue weighted by molar-refractivity contribution is 9.10. The summed E-state index contributed by atoms with van der Waals surface area (Å²) >= 11 is 3.45. The van der Waals surface area contributed by atoms with Gasteiger partial charge in [0.1, 0.15) is 5.60 Å². The van der Waals surface area contributed by atoms with Crippen molar-refractivity contribution in [3.8, 4) is 0 Å². The third-order valence-corrected chi connectivity index (χ3v) is 3.17. The summed E-state index contributed by atoms with van der Waals surface area (Å²) in [6, 6.07) is 0. The van der Waals surface area contributed by atoms with Crippen LogP contribution in [0, 0.1) is 0 Å². The largest absolute Gasteiger partial charge is 0.382 e. The van der Waals surface area contributed by atoms with Gasteiger partial charge in [0.2, 0.25) is 0 Å². The molecular weight excluding hydrogens is 284 g/mol. The molecule has 0 spiro atoms. The molecule has 1 unspecified atom stereocenters. The van der Waals surface area contributed by atoms with Gasteiger partial charge in [-0.05, 0) is 44.0 Å². The van der Waals surface area contributed by atoms with Crippen molar-refractivity contribution in [2.75, 3.05) is 34.2 Å². The van der Waals surface area contributed by atoms with Gasteiger partial charge in [0.15, 0.2) is 0 Å². The van der Waals surface area contributed by atoms with Gasteiger partial charge in [0.25, 0.3) is 0 Å². The van der Waals surface area contributed by atoms with Crippen molar-refractivity contribution in [1.29, 1.82) is 0 Å². The number of aliphatic hydroxyl groups is 1. The van der Waals surface area contributed by atoms with Crippen LogP contribution in [0.1, 0.15) is 12.6 Å². The quantitative estimate of drug-likeness (QED) is 0.810. The van der Waals surface area contributed by atoms with Crippen molar-refractivity contribution in [3.63, 3.8) is 0 Å². The van der Waals surface area contributed by atoms with E-state index in [1.165, 1.54) is 0 Å². The molecule has 0 amide bonds. The van der Waals surface area contributed by atoms with Crippen LogP contribution in [0.3, 0.4) is 0 Å². The van der Waals surface area contributed by atoms with Crippen LogP contribution in [0.15, 0.2) is 10.7 Å². The molecule has 17 heavy (non-hydrogen) atoms. The minimum Gasteiger partial charge on any atom is -0.382 e. The molecule has 2 N–H and O–H groups in total. The van der Waals surface area contributed by atoms with Crippen LogP contribution in [-0.2, 0) is 12.1 Å². The summed E-state index contributed by atoms with van der Waals surface area (Å²) in [5.41, 5.74) is -0.121. The number of likely N-dealkylation sites (N-methyl/N-ethyl adjacent to an activating group) is 2. The Morgan fingerprint density at radius 2 is 2.24 bits per heavy atom. The lowest BCUT2D eigenvalue weighted by molar-refractivity contribution is 0.0483. The molecule has 5 nitrogen and oxygen atoms in total. The number of nitrogens with zero attached hydrogens (tertiary/aromatic N) is 3. The second kappa shape index (κ2) is 5.95. The van der Waals surface area contributed by atoms with Crippen molar-refractivity contribution in [3.05, 3.63) is 16.4 Å². The molecule has 0 saturated carbocycles. The van der Waals surface area contributed by atoms with Crippen molar-refractivity contribution in [2.45, 2.75) is 19.1 Å². The zero-order valence-electron chi connectivity index (χ0n) is 10.9. The van der Waals surface area contributed by atoms with Crippen LogP contribution >= 0.6 is 15.9 Å². The summed E-state index contributed by atoms with van der Waals surface area (Å²) in [5.74, 6) is 0. The maximum absolute atomic E-state index is 10.4. The van der Waals surface area contributed by atoms with Crippen LogP contribution < -0.4 is 5.32 Å². The van der Waals surface area contributed by atoms with Gasteiger partial charge in [-0.25, -0.2) is 0 Å². The molecule has 0 aliphatic heterocycles. The minimum atomic E-state index is -0.934. The molecule has 0 saturated heterocycles. The zero-order chi connectivity index (χ0) is 13.1. The Balaban J connectivity index is 2.93. The van der Waals surface area contributed by atoms with Crippen molar-refractivity contribution < 1.29 is 5.11 Å². The van der Waals surface area contributed by atoms with Gasteiger partial charge in [-0.2, -0.15) is 5.10 Å². The molecule has 1 aromatic heterocycles. The molecule has 0 fully saturated rings. The second-order valence-electron chi connectivity index (χ2n) is 4.67. The van der Waals surface area contributed by atoms with E-state index in [-0.39, 0.29) is 0 Å². The number of aromatic nitrogens is 2. The summed E-state index contributed by atoms with van der Waals surface area (Å²) in [6.07, 6.45) is 1.73. The first-order valence-electron chi connectivity index (χ1n) is 5.62. The van der Waals surface area contributed by atoms with E-state index in [0.29, 0.717) is 6.54 Å². The second-order valence-corrected chi connectivity index (χ2v) is 5.53. The van der Waals surface area contributed by atoms with Gasteiger partial charge in [0.05, 0.1) is 22.9 Å². The fraction of sp³-hybridized carbons (Fsp3) is 0.727. The summed E-state index contributed by atoms with van der Waals surface area (Å²) < 4.78 is 2.69. The van der Waals surface area contributed by atoms with E-state index in [4.69, 9.17) is 0 Å². The van der Waals surface area contributed by atoms with E-state index in [2.05, 4.69) is 31.2 Å². The Bertz CT molecular complexity index is 362. The van der Waals surface area contributed by atoms with Crippen molar-refractivity contribution in [2.24, 2.45) is 0 Å². The van der Waals surface area contributed by atoms with Gasteiger partial charge in [-0.1, -0.05) is 0 Å². The lowest BCUT2D eigenvalue weighted by Gasteiger charge is -2.25. The number of hydrogen-bond donors (Lipinski definition) is 2. The Morgan fingerprint density at radius 3 is 2.76 bits per heavy atom. The van der Waals surface area contributed by atoms with Crippen LogP contribution in [0.5, 0.6) is 0 Å². The average Bonchev–Trinajstić information content (AvgIpc) is 2.57. The van der Waals surface area contributed by atoms with Crippen LogP contribution in [0.25, 0.3) is 0 Å². The van der Waals surface area contributed by atoms with Crippen LogP contribution in [-0.4, -0.2) is 54.0 Å². The Kier molecular flexibility index (Phi) is 5.12. The fourth-order valence-corrected chi connectivity index (χ4v) is 2.51. The average molecular weight is 305 g/mol. The Morgan fingerprint density at radius 1 is 1.59 bits per heavy atom. The van der Waals surface area contributed by atoms with E-state index in [1.54, 1.807) is 13.1 Å². The lowest BCUT2D eigenvalue weighted by atomic mass is 10.0. The molecule has 1 rings (SSSR count). The zero-order valence-corrected chi connectivity index (χ0v) is 12.5. The van der Waals surface area contributed by atoms with Crippen LogP contribution in [0.2, 0.25) is 0 Å². The highest BCUT2D eigenvalue weighted by Gasteiger charge is 2.29.